The number of hydrogen-bond acceptors (Lipinski definition) is 3. The predicted molar refractivity (Wildman–Crippen MR) is 88.7 cm³/mol. The Morgan fingerprint density at radius 3 is 2.62 bits per heavy atom. The van der Waals surface area contributed by atoms with E-state index in [4.69, 9.17) is 5.11 Å². The van der Waals surface area contributed by atoms with Gasteiger partial charge in [-0.15, -0.1) is 0 Å². The Hall–Kier alpha value is -2.21. The molecule has 0 unspecified atom stereocenters. The van der Waals surface area contributed by atoms with Crippen molar-refractivity contribution in [2.24, 2.45) is 5.92 Å². The van der Waals surface area contributed by atoms with E-state index in [2.05, 4.69) is 10.4 Å². The second kappa shape index (κ2) is 7.13. The molecule has 0 bridgehead atoms. The molecule has 2 N–H and O–H groups in total. The molecule has 1 aromatic carbocycles. The highest BCUT2D eigenvalue weighted by atomic mass is 19.1. The molecular formula is C18H22FN3O2. The van der Waals surface area contributed by atoms with Crippen LogP contribution >= 0.6 is 0 Å². The van der Waals surface area contributed by atoms with Gasteiger partial charge in [0.05, 0.1) is 11.6 Å². The summed E-state index contributed by atoms with van der Waals surface area (Å²) in [5, 5.41) is 16.3. The van der Waals surface area contributed by atoms with Gasteiger partial charge in [0, 0.05) is 25.5 Å². The first-order valence-corrected chi connectivity index (χ1v) is 8.27. The quantitative estimate of drug-likeness (QED) is 0.854. The number of carbonyl (C=O) groups is 1. The number of nitrogens with one attached hydrogen (secondary N) is 1. The van der Waals surface area contributed by atoms with E-state index in [0.717, 1.165) is 11.3 Å². The maximum absolute atomic E-state index is 14.7. The van der Waals surface area contributed by atoms with Gasteiger partial charge in [0.1, 0.15) is 5.67 Å². The van der Waals surface area contributed by atoms with Crippen molar-refractivity contribution in [3.05, 3.63) is 48.3 Å². The fourth-order valence-electron chi connectivity index (χ4n) is 3.18. The molecule has 2 aromatic rings. The predicted octanol–water partition coefficient (Wildman–Crippen LogP) is 2.95. The molecule has 6 heteroatoms. The van der Waals surface area contributed by atoms with Crippen LogP contribution in [0.4, 0.5) is 4.39 Å². The Balaban J connectivity index is 1.47. The molecule has 1 aliphatic rings. The zero-order valence-electron chi connectivity index (χ0n) is 13.5. The molecule has 0 atom stereocenters. The summed E-state index contributed by atoms with van der Waals surface area (Å²) in [5.74, 6) is -1.19. The van der Waals surface area contributed by atoms with Crippen LogP contribution in [0.1, 0.15) is 31.2 Å². The van der Waals surface area contributed by atoms with E-state index in [1.807, 2.05) is 36.5 Å². The zero-order chi connectivity index (χ0) is 17.0. The molecule has 0 saturated heterocycles. The van der Waals surface area contributed by atoms with Crippen molar-refractivity contribution in [1.29, 1.82) is 0 Å². The van der Waals surface area contributed by atoms with Gasteiger partial charge in [-0.1, -0.05) is 12.1 Å². The van der Waals surface area contributed by atoms with E-state index in [1.54, 1.807) is 10.9 Å². The fourth-order valence-corrected chi connectivity index (χ4v) is 3.18. The smallest absolute Gasteiger partial charge is 0.306 e. The van der Waals surface area contributed by atoms with Crippen molar-refractivity contribution in [2.75, 3.05) is 6.54 Å². The van der Waals surface area contributed by atoms with Crippen molar-refractivity contribution >= 4 is 5.97 Å². The number of halogens is 1. The van der Waals surface area contributed by atoms with Crippen LogP contribution in [0.15, 0.2) is 42.7 Å². The lowest BCUT2D eigenvalue weighted by molar-refractivity contribution is -0.143. The summed E-state index contributed by atoms with van der Waals surface area (Å²) >= 11 is 0. The number of benzene rings is 1. The summed E-state index contributed by atoms with van der Waals surface area (Å²) in [6.07, 6.45) is 5.09. The van der Waals surface area contributed by atoms with E-state index < -0.39 is 11.6 Å². The van der Waals surface area contributed by atoms with E-state index in [-0.39, 0.29) is 12.5 Å². The summed E-state index contributed by atoms with van der Waals surface area (Å²) in [6, 6.07) is 9.82. The standard InChI is InChI=1S/C18H22FN3O2/c19-18(8-6-15(7-9-18)17(23)24)13-20-12-14-2-4-16(5-3-14)22-11-1-10-21-22/h1-5,10-11,15,20H,6-9,12-13H2,(H,23,24). The average molecular weight is 331 g/mol. The Labute approximate surface area is 140 Å². The lowest BCUT2D eigenvalue weighted by Gasteiger charge is -2.32. The molecule has 0 spiro atoms. The number of carboxylic acids is 1. The number of rotatable bonds is 6. The van der Waals surface area contributed by atoms with Gasteiger partial charge in [-0.2, -0.15) is 5.10 Å². The van der Waals surface area contributed by atoms with Gasteiger partial charge in [0.2, 0.25) is 0 Å². The average Bonchev–Trinajstić information content (AvgIpc) is 3.10. The summed E-state index contributed by atoms with van der Waals surface area (Å²) in [7, 11) is 0. The van der Waals surface area contributed by atoms with Gasteiger partial charge in [-0.05, 0) is 49.4 Å². The van der Waals surface area contributed by atoms with E-state index in [9.17, 15) is 9.18 Å². The third kappa shape index (κ3) is 4.00. The van der Waals surface area contributed by atoms with Crippen LogP contribution in [-0.4, -0.2) is 33.1 Å². The van der Waals surface area contributed by atoms with Crippen LogP contribution in [0.2, 0.25) is 0 Å². The van der Waals surface area contributed by atoms with Crippen molar-refractivity contribution in [1.82, 2.24) is 15.1 Å². The van der Waals surface area contributed by atoms with E-state index in [0.29, 0.717) is 32.2 Å². The number of aromatic nitrogens is 2. The molecule has 0 radical (unpaired) electrons. The lowest BCUT2D eigenvalue weighted by Crippen LogP contribution is -2.40. The minimum atomic E-state index is -1.29. The topological polar surface area (TPSA) is 67.2 Å². The Kier molecular flexibility index (Phi) is 4.94. The molecule has 0 aliphatic heterocycles. The van der Waals surface area contributed by atoms with Gasteiger partial charge < -0.3 is 10.4 Å². The first-order chi connectivity index (χ1) is 11.6. The molecule has 1 aromatic heterocycles. The molecule has 1 heterocycles. The maximum atomic E-state index is 14.7. The number of alkyl halides is 1. The fraction of sp³-hybridized carbons (Fsp3) is 0.444. The summed E-state index contributed by atoms with van der Waals surface area (Å²) in [6.45, 7) is 0.855. The van der Waals surface area contributed by atoms with Crippen LogP contribution in [0.25, 0.3) is 5.69 Å². The molecule has 24 heavy (non-hydrogen) atoms. The Morgan fingerprint density at radius 1 is 1.33 bits per heavy atom. The number of aliphatic carboxylic acids is 1. The first kappa shape index (κ1) is 16.6. The van der Waals surface area contributed by atoms with Gasteiger partial charge in [0.25, 0.3) is 0 Å². The normalized spacial score (nSPS) is 24.0. The van der Waals surface area contributed by atoms with Crippen LogP contribution in [0, 0.1) is 5.92 Å². The third-order valence-electron chi connectivity index (χ3n) is 4.71. The summed E-state index contributed by atoms with van der Waals surface area (Å²) in [4.78, 5) is 10.9. The van der Waals surface area contributed by atoms with Crippen molar-refractivity contribution in [3.63, 3.8) is 0 Å². The largest absolute Gasteiger partial charge is 0.481 e. The molecule has 3 rings (SSSR count). The molecule has 1 aliphatic carbocycles. The van der Waals surface area contributed by atoms with Crippen LogP contribution in [0.3, 0.4) is 0 Å². The van der Waals surface area contributed by atoms with E-state index >= 15 is 0 Å². The number of hydrogen-bond donors (Lipinski definition) is 2. The molecule has 1 saturated carbocycles. The van der Waals surface area contributed by atoms with Gasteiger partial charge in [-0.25, -0.2) is 9.07 Å². The van der Waals surface area contributed by atoms with Crippen LogP contribution in [0.5, 0.6) is 0 Å². The molecule has 128 valence electrons. The molecular weight excluding hydrogens is 309 g/mol. The lowest BCUT2D eigenvalue weighted by atomic mass is 9.80. The van der Waals surface area contributed by atoms with Crippen LogP contribution < -0.4 is 5.32 Å². The summed E-state index contributed by atoms with van der Waals surface area (Å²) in [5.41, 5.74) is 0.771. The van der Waals surface area contributed by atoms with Crippen molar-refractivity contribution in [2.45, 2.75) is 37.9 Å². The van der Waals surface area contributed by atoms with Crippen LogP contribution in [-0.2, 0) is 11.3 Å². The Bertz CT molecular complexity index is 662. The molecule has 1 fully saturated rings. The highest BCUT2D eigenvalue weighted by molar-refractivity contribution is 5.70. The Morgan fingerprint density at radius 2 is 2.04 bits per heavy atom. The second-order valence-electron chi connectivity index (χ2n) is 6.48. The van der Waals surface area contributed by atoms with Gasteiger partial charge in [0.15, 0.2) is 0 Å². The minimum absolute atomic E-state index is 0.264. The van der Waals surface area contributed by atoms with Crippen molar-refractivity contribution in [3.8, 4) is 5.69 Å². The second-order valence-corrected chi connectivity index (χ2v) is 6.48. The molecule has 0 amide bonds. The molecule has 5 nitrogen and oxygen atoms in total. The van der Waals surface area contributed by atoms with Crippen molar-refractivity contribution < 1.29 is 14.3 Å². The number of carboxylic acid groups (broad SMARTS) is 1. The summed E-state index contributed by atoms with van der Waals surface area (Å²) < 4.78 is 16.5. The van der Waals surface area contributed by atoms with Gasteiger partial charge in [-0.3, -0.25) is 4.79 Å². The maximum Gasteiger partial charge on any atom is 0.306 e. The SMILES string of the molecule is O=C(O)C1CCC(F)(CNCc2ccc(-n3cccn3)cc2)CC1. The minimum Gasteiger partial charge on any atom is -0.481 e. The monoisotopic (exact) mass is 331 g/mol. The first-order valence-electron chi connectivity index (χ1n) is 8.27. The number of nitrogens with zero attached hydrogens (tertiary/aromatic N) is 2. The zero-order valence-corrected chi connectivity index (χ0v) is 13.5. The van der Waals surface area contributed by atoms with E-state index in [1.165, 1.54) is 0 Å². The highest BCUT2D eigenvalue weighted by Crippen LogP contribution is 2.34. The third-order valence-corrected chi connectivity index (χ3v) is 4.71. The van der Waals surface area contributed by atoms with Gasteiger partial charge >= 0.3 is 5.97 Å². The highest BCUT2D eigenvalue weighted by Gasteiger charge is 2.37.